The Morgan fingerprint density at radius 3 is 2.27 bits per heavy atom. The molecule has 0 atom stereocenters. The van der Waals surface area contributed by atoms with Crippen LogP contribution in [0.3, 0.4) is 0 Å². The summed E-state index contributed by atoms with van der Waals surface area (Å²) < 4.78 is 0. The molecule has 0 unspecified atom stereocenters. The summed E-state index contributed by atoms with van der Waals surface area (Å²) in [5.74, 6) is 0.102. The van der Waals surface area contributed by atoms with Crippen molar-refractivity contribution >= 4 is 22.8 Å². The van der Waals surface area contributed by atoms with Crippen LogP contribution in [0.4, 0.5) is 0 Å². The maximum absolute atomic E-state index is 10.7. The Kier molecular flexibility index (Phi) is 2.54. The molecule has 0 aromatic heterocycles. The Labute approximate surface area is 70.1 Å². The summed E-state index contributed by atoms with van der Waals surface area (Å²) in [6.07, 6.45) is 0. The number of carbonyl (C=O) groups is 2. The monoisotopic (exact) mass is 173 g/mol. The first-order chi connectivity index (χ1) is 5.09. The molecule has 0 N–H and O–H groups in total. The number of nitrogens with zero attached hydrogens (tertiary/aromatic N) is 1. The molecule has 1 aliphatic rings. The Balaban J connectivity index is 2.19. The van der Waals surface area contributed by atoms with E-state index in [0.717, 1.165) is 13.1 Å². The van der Waals surface area contributed by atoms with Gasteiger partial charge in [0.25, 0.3) is 0 Å². The first-order valence-electron chi connectivity index (χ1n) is 3.52. The van der Waals surface area contributed by atoms with E-state index in [1.54, 1.807) is 18.7 Å². The average Bonchev–Trinajstić information content (AvgIpc) is 1.75. The summed E-state index contributed by atoms with van der Waals surface area (Å²) in [4.78, 5) is 23.0. The molecule has 1 fully saturated rings. The van der Waals surface area contributed by atoms with Crippen LogP contribution < -0.4 is 0 Å². The van der Waals surface area contributed by atoms with Crippen molar-refractivity contribution in [2.24, 2.45) is 0 Å². The summed E-state index contributed by atoms with van der Waals surface area (Å²) in [7, 11) is 0. The van der Waals surface area contributed by atoms with Crippen LogP contribution in [0.1, 0.15) is 13.8 Å². The predicted octanol–water partition coefficient (Wildman–Crippen LogP) is 0.497. The largest absolute Gasteiger partial charge is 0.341 e. The van der Waals surface area contributed by atoms with Crippen molar-refractivity contribution in [1.29, 1.82) is 0 Å². The van der Waals surface area contributed by atoms with E-state index in [9.17, 15) is 9.59 Å². The van der Waals surface area contributed by atoms with Gasteiger partial charge in [0, 0.05) is 32.2 Å². The zero-order valence-corrected chi connectivity index (χ0v) is 7.48. The predicted molar refractivity (Wildman–Crippen MR) is 44.3 cm³/mol. The van der Waals surface area contributed by atoms with Crippen LogP contribution in [0.2, 0.25) is 0 Å². The van der Waals surface area contributed by atoms with Crippen molar-refractivity contribution in [2.75, 3.05) is 13.1 Å². The van der Waals surface area contributed by atoms with Gasteiger partial charge < -0.3 is 4.90 Å². The standard InChI is InChI=1S/C7H11NO2S/c1-5(9)8-3-7(4-8)11-6(2)10/h7H,3-4H2,1-2H3. The van der Waals surface area contributed by atoms with E-state index in [2.05, 4.69) is 0 Å². The van der Waals surface area contributed by atoms with Crippen LogP contribution in [0.15, 0.2) is 0 Å². The maximum atomic E-state index is 10.7. The van der Waals surface area contributed by atoms with Crippen LogP contribution in [0.5, 0.6) is 0 Å². The smallest absolute Gasteiger partial charge is 0.219 e. The molecule has 0 aromatic rings. The summed E-state index contributed by atoms with van der Waals surface area (Å²) in [5.41, 5.74) is 0. The van der Waals surface area contributed by atoms with Crippen molar-refractivity contribution in [1.82, 2.24) is 4.90 Å². The van der Waals surface area contributed by atoms with E-state index in [4.69, 9.17) is 0 Å². The molecule has 1 saturated heterocycles. The number of amides is 1. The van der Waals surface area contributed by atoms with E-state index in [0.29, 0.717) is 5.25 Å². The molecule has 0 radical (unpaired) electrons. The minimum absolute atomic E-state index is 0.102. The molecule has 1 heterocycles. The second-order valence-corrected chi connectivity index (χ2v) is 4.13. The molecule has 4 heteroatoms. The molecule has 0 spiro atoms. The van der Waals surface area contributed by atoms with Crippen molar-refractivity contribution in [3.63, 3.8) is 0 Å². The fraction of sp³-hybridized carbons (Fsp3) is 0.714. The van der Waals surface area contributed by atoms with E-state index >= 15 is 0 Å². The van der Waals surface area contributed by atoms with E-state index < -0.39 is 0 Å². The first-order valence-corrected chi connectivity index (χ1v) is 4.40. The highest BCUT2D eigenvalue weighted by Crippen LogP contribution is 2.22. The summed E-state index contributed by atoms with van der Waals surface area (Å²) in [6.45, 7) is 4.58. The summed E-state index contributed by atoms with van der Waals surface area (Å²) in [5, 5.41) is 0.481. The van der Waals surface area contributed by atoms with Gasteiger partial charge in [0.1, 0.15) is 0 Å². The number of hydrogen-bond acceptors (Lipinski definition) is 3. The van der Waals surface area contributed by atoms with Crippen LogP contribution in [-0.4, -0.2) is 34.3 Å². The van der Waals surface area contributed by atoms with Crippen LogP contribution >= 0.6 is 11.8 Å². The van der Waals surface area contributed by atoms with E-state index in [1.165, 1.54) is 11.8 Å². The van der Waals surface area contributed by atoms with Crippen LogP contribution in [-0.2, 0) is 9.59 Å². The number of rotatable bonds is 1. The lowest BCUT2D eigenvalue weighted by Crippen LogP contribution is -2.51. The lowest BCUT2D eigenvalue weighted by Gasteiger charge is -2.37. The zero-order chi connectivity index (χ0) is 8.43. The minimum Gasteiger partial charge on any atom is -0.341 e. The molecular formula is C7H11NO2S. The Bertz CT molecular complexity index is 187. The molecule has 3 nitrogen and oxygen atoms in total. The van der Waals surface area contributed by atoms with Gasteiger partial charge in [-0.1, -0.05) is 11.8 Å². The quantitative estimate of drug-likeness (QED) is 0.579. The second kappa shape index (κ2) is 3.26. The average molecular weight is 173 g/mol. The van der Waals surface area contributed by atoms with Gasteiger partial charge in [-0.3, -0.25) is 9.59 Å². The van der Waals surface area contributed by atoms with Crippen molar-refractivity contribution in [3.05, 3.63) is 0 Å². The fourth-order valence-electron chi connectivity index (χ4n) is 1.00. The summed E-state index contributed by atoms with van der Waals surface area (Å²) in [6, 6.07) is 0. The van der Waals surface area contributed by atoms with Gasteiger partial charge in [-0.25, -0.2) is 0 Å². The van der Waals surface area contributed by atoms with Gasteiger partial charge in [-0.2, -0.15) is 0 Å². The first kappa shape index (κ1) is 8.59. The molecule has 1 rings (SSSR count). The van der Waals surface area contributed by atoms with Gasteiger partial charge >= 0.3 is 0 Å². The number of thioether (sulfide) groups is 1. The Hall–Kier alpha value is -0.510. The van der Waals surface area contributed by atoms with E-state index in [-0.39, 0.29) is 11.0 Å². The van der Waals surface area contributed by atoms with Gasteiger partial charge in [-0.15, -0.1) is 0 Å². The van der Waals surface area contributed by atoms with Crippen LogP contribution in [0, 0.1) is 0 Å². The SMILES string of the molecule is CC(=O)SC1CN(C(C)=O)C1. The van der Waals surface area contributed by atoms with Crippen molar-refractivity contribution in [2.45, 2.75) is 19.1 Å². The summed E-state index contributed by atoms with van der Waals surface area (Å²) >= 11 is 1.33. The Morgan fingerprint density at radius 2 is 1.91 bits per heavy atom. The minimum atomic E-state index is 0.102. The van der Waals surface area contributed by atoms with Crippen molar-refractivity contribution in [3.8, 4) is 0 Å². The third kappa shape index (κ3) is 2.22. The molecule has 11 heavy (non-hydrogen) atoms. The molecule has 0 bridgehead atoms. The third-order valence-electron chi connectivity index (χ3n) is 1.63. The molecule has 0 saturated carbocycles. The van der Waals surface area contributed by atoms with E-state index in [1.807, 2.05) is 0 Å². The molecule has 0 aromatic carbocycles. The zero-order valence-electron chi connectivity index (χ0n) is 6.66. The highest BCUT2D eigenvalue weighted by molar-refractivity contribution is 8.14. The van der Waals surface area contributed by atoms with Gasteiger partial charge in [-0.05, 0) is 0 Å². The second-order valence-electron chi connectivity index (χ2n) is 2.66. The normalized spacial score (nSPS) is 17.8. The molecule has 1 amide bonds. The topological polar surface area (TPSA) is 37.4 Å². The highest BCUT2D eigenvalue weighted by atomic mass is 32.2. The number of hydrogen-bond donors (Lipinski definition) is 0. The molecule has 1 aliphatic heterocycles. The fourth-order valence-corrected chi connectivity index (χ4v) is 1.98. The highest BCUT2D eigenvalue weighted by Gasteiger charge is 2.29. The molecule has 0 aliphatic carbocycles. The van der Waals surface area contributed by atoms with Crippen LogP contribution in [0.25, 0.3) is 0 Å². The maximum Gasteiger partial charge on any atom is 0.219 e. The van der Waals surface area contributed by atoms with Gasteiger partial charge in [0.15, 0.2) is 5.12 Å². The molecule has 62 valence electrons. The molecular weight excluding hydrogens is 162 g/mol. The number of likely N-dealkylation sites (tertiary alicyclic amines) is 1. The Morgan fingerprint density at radius 1 is 1.36 bits per heavy atom. The van der Waals surface area contributed by atoms with Gasteiger partial charge in [0.05, 0.1) is 0 Å². The number of carbonyl (C=O) groups excluding carboxylic acids is 2. The lowest BCUT2D eigenvalue weighted by molar-refractivity contribution is -0.131. The van der Waals surface area contributed by atoms with Crippen molar-refractivity contribution < 1.29 is 9.59 Å². The lowest BCUT2D eigenvalue weighted by atomic mass is 10.2. The van der Waals surface area contributed by atoms with Gasteiger partial charge in [0.2, 0.25) is 5.91 Å². The third-order valence-corrected chi connectivity index (χ3v) is 2.59.